The lowest BCUT2D eigenvalue weighted by Gasteiger charge is -1.90. The zero-order chi connectivity index (χ0) is 12.0. The van der Waals surface area contributed by atoms with E-state index in [1.165, 1.54) is 20.9 Å². The number of H-pyrrole nitrogens is 1. The Balaban J connectivity index is 2.21. The molecule has 0 spiro atoms. The molecule has 1 aromatic carbocycles. The van der Waals surface area contributed by atoms with Crippen LogP contribution in [0, 0.1) is 20.8 Å². The predicted octanol–water partition coefficient (Wildman–Crippen LogP) is 4.22. The Morgan fingerprint density at radius 2 is 1.94 bits per heavy atom. The van der Waals surface area contributed by atoms with Crippen LogP contribution in [0.3, 0.4) is 0 Å². The van der Waals surface area contributed by atoms with Crippen LogP contribution >= 0.6 is 11.3 Å². The predicted molar refractivity (Wildman–Crippen MR) is 73.6 cm³/mol. The normalized spacial score (nSPS) is 11.2. The number of hydrogen-bond acceptors (Lipinski definition) is 2. The Hall–Kier alpha value is -1.61. The van der Waals surface area contributed by atoms with E-state index >= 15 is 0 Å². The molecular weight excluding hydrogens is 228 g/mol. The molecule has 0 saturated carbocycles. The summed E-state index contributed by atoms with van der Waals surface area (Å²) in [7, 11) is 0. The molecule has 0 amide bonds. The molecule has 2 aromatic heterocycles. The highest BCUT2D eigenvalue weighted by Gasteiger charge is 2.09. The van der Waals surface area contributed by atoms with E-state index < -0.39 is 0 Å². The van der Waals surface area contributed by atoms with Crippen LogP contribution in [-0.2, 0) is 0 Å². The van der Waals surface area contributed by atoms with Crippen LogP contribution in [0.15, 0.2) is 24.3 Å². The van der Waals surface area contributed by atoms with Gasteiger partial charge in [0.25, 0.3) is 0 Å². The number of benzene rings is 1. The van der Waals surface area contributed by atoms with Gasteiger partial charge in [0.2, 0.25) is 0 Å². The fraction of sp³-hybridized carbons (Fsp3) is 0.214. The number of para-hydroxylation sites is 1. The second-order valence-corrected chi connectivity index (χ2v) is 5.66. The average molecular weight is 242 g/mol. The smallest absolute Gasteiger partial charge is 0.148 e. The summed E-state index contributed by atoms with van der Waals surface area (Å²) in [5.74, 6) is 0.982. The Kier molecular flexibility index (Phi) is 2.30. The summed E-state index contributed by atoms with van der Waals surface area (Å²) in [6.07, 6.45) is 0. The first-order chi connectivity index (χ1) is 8.15. The van der Waals surface area contributed by atoms with Gasteiger partial charge in [0, 0.05) is 4.88 Å². The van der Waals surface area contributed by atoms with Gasteiger partial charge in [0.1, 0.15) is 5.82 Å². The van der Waals surface area contributed by atoms with Gasteiger partial charge in [-0.05, 0) is 44.0 Å². The molecule has 0 aliphatic carbocycles. The van der Waals surface area contributed by atoms with E-state index in [1.54, 1.807) is 11.3 Å². The molecule has 0 aliphatic rings. The highest BCUT2D eigenvalue weighted by molar-refractivity contribution is 7.15. The molecule has 0 aliphatic heterocycles. The third-order valence-electron chi connectivity index (χ3n) is 3.11. The van der Waals surface area contributed by atoms with Crippen molar-refractivity contribution in [1.29, 1.82) is 0 Å². The van der Waals surface area contributed by atoms with Gasteiger partial charge in [0.05, 0.1) is 15.9 Å². The standard InChI is InChI=1S/C14H14N2S/c1-8-5-4-6-11-13(8)16-14(15-11)12-7-9(2)10(3)17-12/h4-7H,1-3H3,(H,15,16). The minimum absolute atomic E-state index is 0.982. The summed E-state index contributed by atoms with van der Waals surface area (Å²) in [5.41, 5.74) is 4.74. The van der Waals surface area contributed by atoms with Crippen LogP contribution in [0.25, 0.3) is 21.7 Å². The zero-order valence-corrected chi connectivity index (χ0v) is 11.0. The Labute approximate surface area is 104 Å². The molecule has 1 N–H and O–H groups in total. The average Bonchev–Trinajstić information content (AvgIpc) is 2.85. The molecule has 3 aromatic rings. The SMILES string of the molecule is Cc1cc(-c2nc3c(C)cccc3[nH]2)sc1C. The van der Waals surface area contributed by atoms with E-state index in [4.69, 9.17) is 4.98 Å². The van der Waals surface area contributed by atoms with Crippen molar-refractivity contribution in [3.05, 3.63) is 40.3 Å². The molecule has 0 atom stereocenters. The number of aromatic amines is 1. The molecule has 0 fully saturated rings. The van der Waals surface area contributed by atoms with Crippen molar-refractivity contribution in [3.8, 4) is 10.7 Å². The molecule has 86 valence electrons. The number of imidazole rings is 1. The van der Waals surface area contributed by atoms with Crippen molar-refractivity contribution >= 4 is 22.4 Å². The molecule has 0 bridgehead atoms. The van der Waals surface area contributed by atoms with E-state index in [0.717, 1.165) is 16.9 Å². The number of nitrogens with one attached hydrogen (secondary N) is 1. The van der Waals surface area contributed by atoms with E-state index in [2.05, 4.69) is 50.0 Å². The number of hydrogen-bond donors (Lipinski definition) is 1. The van der Waals surface area contributed by atoms with Crippen molar-refractivity contribution in [3.63, 3.8) is 0 Å². The minimum Gasteiger partial charge on any atom is -0.337 e. The van der Waals surface area contributed by atoms with Crippen LogP contribution in [0.2, 0.25) is 0 Å². The lowest BCUT2D eigenvalue weighted by Crippen LogP contribution is -1.75. The van der Waals surface area contributed by atoms with Gasteiger partial charge in [-0.2, -0.15) is 0 Å². The summed E-state index contributed by atoms with van der Waals surface area (Å²) in [6, 6.07) is 8.43. The molecule has 3 rings (SSSR count). The Morgan fingerprint density at radius 1 is 1.12 bits per heavy atom. The summed E-state index contributed by atoms with van der Waals surface area (Å²) >= 11 is 1.79. The fourth-order valence-electron chi connectivity index (χ4n) is 1.98. The number of aromatic nitrogens is 2. The first-order valence-corrected chi connectivity index (χ1v) is 6.49. The highest BCUT2D eigenvalue weighted by Crippen LogP contribution is 2.30. The quantitative estimate of drug-likeness (QED) is 0.680. The molecule has 2 nitrogen and oxygen atoms in total. The number of thiophene rings is 1. The van der Waals surface area contributed by atoms with Crippen molar-refractivity contribution in [1.82, 2.24) is 9.97 Å². The van der Waals surface area contributed by atoms with Crippen molar-refractivity contribution < 1.29 is 0 Å². The van der Waals surface area contributed by atoms with Crippen LogP contribution in [0.5, 0.6) is 0 Å². The monoisotopic (exact) mass is 242 g/mol. The first-order valence-electron chi connectivity index (χ1n) is 5.68. The summed E-state index contributed by atoms with van der Waals surface area (Å²) in [6.45, 7) is 6.39. The van der Waals surface area contributed by atoms with Gasteiger partial charge in [-0.15, -0.1) is 11.3 Å². The van der Waals surface area contributed by atoms with Gasteiger partial charge in [-0.3, -0.25) is 0 Å². The van der Waals surface area contributed by atoms with Gasteiger partial charge >= 0.3 is 0 Å². The van der Waals surface area contributed by atoms with E-state index in [9.17, 15) is 0 Å². The summed E-state index contributed by atoms with van der Waals surface area (Å²) < 4.78 is 0. The van der Waals surface area contributed by atoms with Gasteiger partial charge in [-0.25, -0.2) is 4.98 Å². The van der Waals surface area contributed by atoms with E-state index in [1.807, 2.05) is 0 Å². The molecule has 3 heteroatoms. The van der Waals surface area contributed by atoms with Crippen LogP contribution in [-0.4, -0.2) is 9.97 Å². The maximum absolute atomic E-state index is 4.69. The number of rotatable bonds is 1. The maximum Gasteiger partial charge on any atom is 0.148 e. The highest BCUT2D eigenvalue weighted by atomic mass is 32.1. The Morgan fingerprint density at radius 3 is 2.59 bits per heavy atom. The maximum atomic E-state index is 4.69. The van der Waals surface area contributed by atoms with E-state index in [0.29, 0.717) is 0 Å². The minimum atomic E-state index is 0.982. The second kappa shape index (κ2) is 3.70. The van der Waals surface area contributed by atoms with Crippen LogP contribution in [0.4, 0.5) is 0 Å². The molecule has 0 radical (unpaired) electrons. The van der Waals surface area contributed by atoms with E-state index in [-0.39, 0.29) is 0 Å². The number of aryl methyl sites for hydroxylation is 3. The molecule has 0 unspecified atom stereocenters. The fourth-order valence-corrected chi connectivity index (χ4v) is 2.96. The topological polar surface area (TPSA) is 28.7 Å². The van der Waals surface area contributed by atoms with Crippen molar-refractivity contribution in [2.45, 2.75) is 20.8 Å². The first kappa shape index (κ1) is 10.5. The van der Waals surface area contributed by atoms with Crippen LogP contribution < -0.4 is 0 Å². The van der Waals surface area contributed by atoms with Crippen LogP contribution in [0.1, 0.15) is 16.0 Å². The molecule has 2 heterocycles. The molecule has 17 heavy (non-hydrogen) atoms. The molecule has 0 saturated heterocycles. The van der Waals surface area contributed by atoms with Gasteiger partial charge in [-0.1, -0.05) is 12.1 Å². The summed E-state index contributed by atoms with van der Waals surface area (Å²) in [4.78, 5) is 10.7. The third kappa shape index (κ3) is 1.67. The van der Waals surface area contributed by atoms with Gasteiger partial charge in [0.15, 0.2) is 0 Å². The second-order valence-electron chi connectivity index (χ2n) is 4.41. The molecular formula is C14H14N2S. The lowest BCUT2D eigenvalue weighted by molar-refractivity contribution is 1.34. The van der Waals surface area contributed by atoms with Crippen molar-refractivity contribution in [2.75, 3.05) is 0 Å². The summed E-state index contributed by atoms with van der Waals surface area (Å²) in [5, 5.41) is 0. The number of nitrogens with zero attached hydrogens (tertiary/aromatic N) is 1. The largest absolute Gasteiger partial charge is 0.337 e. The van der Waals surface area contributed by atoms with Gasteiger partial charge < -0.3 is 4.98 Å². The lowest BCUT2D eigenvalue weighted by atomic mass is 10.2. The zero-order valence-electron chi connectivity index (χ0n) is 10.2. The van der Waals surface area contributed by atoms with Crippen molar-refractivity contribution in [2.24, 2.45) is 0 Å². The Bertz CT molecular complexity index is 672. The number of fused-ring (bicyclic) bond motifs is 1. The third-order valence-corrected chi connectivity index (χ3v) is 4.27.